The van der Waals surface area contributed by atoms with Crippen molar-refractivity contribution in [1.82, 2.24) is 4.57 Å². The van der Waals surface area contributed by atoms with Gasteiger partial charge >= 0.3 is 0 Å². The van der Waals surface area contributed by atoms with Gasteiger partial charge in [0.05, 0.1) is 11.0 Å². The first-order valence-corrected chi connectivity index (χ1v) is 13.9. The number of fused-ring (bicyclic) bond motifs is 7. The lowest BCUT2D eigenvalue weighted by Gasteiger charge is -2.24. The number of hydrogen-bond donors (Lipinski definition) is 0. The van der Waals surface area contributed by atoms with Crippen LogP contribution in [0, 0.1) is 0 Å². The first kappa shape index (κ1) is 23.6. The van der Waals surface area contributed by atoms with E-state index in [4.69, 9.17) is 11.6 Å². The Labute approximate surface area is 230 Å². The molecule has 0 saturated heterocycles. The minimum atomic E-state index is -0.122. The van der Waals surface area contributed by atoms with Crippen LogP contribution in [0.5, 0.6) is 0 Å². The smallest absolute Gasteiger partial charge is 0.0541 e. The van der Waals surface area contributed by atoms with Gasteiger partial charge in [-0.15, -0.1) is 0 Å². The summed E-state index contributed by atoms with van der Waals surface area (Å²) in [5, 5.41) is 3.45. The topological polar surface area (TPSA) is 4.93 Å². The van der Waals surface area contributed by atoms with Gasteiger partial charge in [-0.3, -0.25) is 0 Å². The Hall–Kier alpha value is -3.55. The molecule has 7 rings (SSSR count). The second kappa shape index (κ2) is 7.74. The van der Waals surface area contributed by atoms with Crippen molar-refractivity contribution >= 4 is 39.0 Å². The quantitative estimate of drug-likeness (QED) is 0.210. The van der Waals surface area contributed by atoms with E-state index in [9.17, 15) is 0 Å². The number of para-hydroxylation sites is 2. The van der Waals surface area contributed by atoms with Crippen LogP contribution in [0.25, 0.3) is 44.2 Å². The van der Waals surface area contributed by atoms with Crippen LogP contribution < -0.4 is 0 Å². The van der Waals surface area contributed by atoms with Gasteiger partial charge in [0, 0.05) is 32.3 Å². The monoisotopic (exact) mass is 513 g/mol. The fourth-order valence-electron chi connectivity index (χ4n) is 7.31. The summed E-state index contributed by atoms with van der Waals surface area (Å²) in [4.78, 5) is 0. The lowest BCUT2D eigenvalue weighted by Crippen LogP contribution is -2.17. The second-order valence-corrected chi connectivity index (χ2v) is 12.5. The lowest BCUT2D eigenvalue weighted by molar-refractivity contribution is 0.650. The molecule has 0 aliphatic heterocycles. The molecule has 0 fully saturated rings. The highest BCUT2D eigenvalue weighted by atomic mass is 35.5. The molecule has 2 aliphatic carbocycles. The van der Waals surface area contributed by atoms with Crippen molar-refractivity contribution in [2.45, 2.75) is 52.4 Å². The molecule has 38 heavy (non-hydrogen) atoms. The van der Waals surface area contributed by atoms with E-state index in [-0.39, 0.29) is 10.8 Å². The third kappa shape index (κ3) is 2.89. The predicted molar refractivity (Wildman–Crippen MR) is 164 cm³/mol. The number of allylic oxidation sites excluding steroid dienone is 4. The summed E-state index contributed by atoms with van der Waals surface area (Å²) in [5.74, 6) is 0. The third-order valence-electron chi connectivity index (χ3n) is 9.15. The molecule has 0 spiro atoms. The molecular formula is C36H32ClN. The third-order valence-corrected chi connectivity index (χ3v) is 9.34. The van der Waals surface area contributed by atoms with E-state index in [1.54, 1.807) is 0 Å². The second-order valence-electron chi connectivity index (χ2n) is 11.9. The van der Waals surface area contributed by atoms with Crippen molar-refractivity contribution in [1.29, 1.82) is 0 Å². The van der Waals surface area contributed by atoms with Crippen LogP contribution in [0.4, 0.5) is 0 Å². The summed E-state index contributed by atoms with van der Waals surface area (Å²) in [6.45, 7) is 13.5. The van der Waals surface area contributed by atoms with Crippen LogP contribution in [0.15, 0.2) is 95.5 Å². The summed E-state index contributed by atoms with van der Waals surface area (Å²) < 4.78 is 2.42. The average Bonchev–Trinajstić information content (AvgIpc) is 3.44. The normalized spacial score (nSPS) is 19.2. The van der Waals surface area contributed by atoms with E-state index in [1.807, 2.05) is 6.92 Å². The highest BCUT2D eigenvalue weighted by Gasteiger charge is 2.43. The van der Waals surface area contributed by atoms with E-state index >= 15 is 0 Å². The Morgan fingerprint density at radius 3 is 1.84 bits per heavy atom. The minimum absolute atomic E-state index is 0.0829. The molecule has 188 valence electrons. The molecule has 0 N–H and O–H groups in total. The van der Waals surface area contributed by atoms with Crippen molar-refractivity contribution in [2.24, 2.45) is 0 Å². The number of rotatable bonds is 1. The molecule has 0 saturated carbocycles. The molecule has 1 aromatic heterocycles. The van der Waals surface area contributed by atoms with Gasteiger partial charge in [-0.05, 0) is 94.8 Å². The Morgan fingerprint density at radius 1 is 0.684 bits per heavy atom. The number of hydrogen-bond acceptors (Lipinski definition) is 0. The molecule has 2 aliphatic rings. The molecule has 1 nitrogen and oxygen atoms in total. The summed E-state index contributed by atoms with van der Waals surface area (Å²) in [6, 6.07) is 29.4. The van der Waals surface area contributed by atoms with Crippen LogP contribution in [-0.2, 0) is 10.8 Å². The Kier molecular flexibility index (Phi) is 4.80. The maximum atomic E-state index is 6.73. The molecule has 0 unspecified atom stereocenters. The van der Waals surface area contributed by atoms with E-state index < -0.39 is 0 Å². The fourth-order valence-corrected chi connectivity index (χ4v) is 7.52. The maximum Gasteiger partial charge on any atom is 0.0541 e. The van der Waals surface area contributed by atoms with E-state index in [0.29, 0.717) is 0 Å². The van der Waals surface area contributed by atoms with Crippen molar-refractivity contribution in [3.8, 4) is 16.8 Å². The Bertz CT molecular complexity index is 1830. The molecule has 5 aromatic rings. The molecule has 4 aromatic carbocycles. The molecule has 0 amide bonds. The van der Waals surface area contributed by atoms with Gasteiger partial charge in [-0.2, -0.15) is 0 Å². The number of aromatic nitrogens is 1. The van der Waals surface area contributed by atoms with E-state index in [1.165, 1.54) is 72.0 Å². The summed E-state index contributed by atoms with van der Waals surface area (Å²) >= 11 is 6.73. The van der Waals surface area contributed by atoms with Gasteiger partial charge in [-0.25, -0.2) is 0 Å². The lowest BCUT2D eigenvalue weighted by atomic mass is 9.79. The van der Waals surface area contributed by atoms with Crippen LogP contribution in [0.2, 0.25) is 0 Å². The van der Waals surface area contributed by atoms with Crippen molar-refractivity contribution < 1.29 is 0 Å². The number of benzene rings is 4. The fraction of sp³-hybridized carbons (Fsp3) is 0.222. The highest BCUT2D eigenvalue weighted by molar-refractivity contribution is 6.33. The van der Waals surface area contributed by atoms with Crippen LogP contribution in [0.3, 0.4) is 0 Å². The number of halogens is 1. The first-order chi connectivity index (χ1) is 18.2. The predicted octanol–water partition coefficient (Wildman–Crippen LogP) is 10.3. The largest absolute Gasteiger partial charge is 0.309 e. The van der Waals surface area contributed by atoms with E-state index in [0.717, 1.165) is 5.03 Å². The summed E-state index contributed by atoms with van der Waals surface area (Å²) in [7, 11) is 0. The zero-order valence-electron chi connectivity index (χ0n) is 22.9. The van der Waals surface area contributed by atoms with Gasteiger partial charge in [-0.1, -0.05) is 87.8 Å². The van der Waals surface area contributed by atoms with Crippen LogP contribution in [-0.4, -0.2) is 4.57 Å². The molecule has 0 atom stereocenters. The van der Waals surface area contributed by atoms with Gasteiger partial charge in [0.15, 0.2) is 0 Å². The molecule has 2 heteroatoms. The zero-order valence-corrected chi connectivity index (χ0v) is 23.7. The van der Waals surface area contributed by atoms with Gasteiger partial charge in [0.2, 0.25) is 0 Å². The van der Waals surface area contributed by atoms with Gasteiger partial charge in [0.1, 0.15) is 0 Å². The van der Waals surface area contributed by atoms with Crippen LogP contribution >= 0.6 is 11.6 Å². The SMILES string of the molecule is CC=C1/C(=C(\C)Cl)c2cc3c(cc2C1(C)C)-c1ccc(-n2c4ccccc4c4ccccc42)cc1C3(C)C. The molecular weight excluding hydrogens is 482 g/mol. The number of nitrogens with zero attached hydrogens (tertiary/aromatic N) is 1. The first-order valence-electron chi connectivity index (χ1n) is 13.5. The molecule has 1 heterocycles. The van der Waals surface area contributed by atoms with Crippen molar-refractivity contribution in [3.63, 3.8) is 0 Å². The van der Waals surface area contributed by atoms with Crippen molar-refractivity contribution in [2.75, 3.05) is 0 Å². The Morgan fingerprint density at radius 2 is 1.24 bits per heavy atom. The minimum Gasteiger partial charge on any atom is -0.309 e. The zero-order chi connectivity index (χ0) is 26.6. The standard InChI is InChI=1S/C36H32ClN/c1-7-28-34(21(2)37)27-20-30-26(19-31(27)35(28,3)4)23-17-16-22(18-29(23)36(30,5)6)38-32-14-10-8-12-24(32)25-13-9-11-15-33(25)38/h7-20H,1-6H3/b28-7?,34-21+. The molecule has 0 bridgehead atoms. The van der Waals surface area contributed by atoms with Crippen LogP contribution in [0.1, 0.15) is 63.8 Å². The summed E-state index contributed by atoms with van der Waals surface area (Å²) in [6.07, 6.45) is 2.24. The molecule has 0 radical (unpaired) electrons. The van der Waals surface area contributed by atoms with Crippen molar-refractivity contribution in [3.05, 3.63) is 118 Å². The summed E-state index contributed by atoms with van der Waals surface area (Å²) in [5.41, 5.74) is 14.1. The average molecular weight is 514 g/mol. The van der Waals surface area contributed by atoms with Gasteiger partial charge in [0.25, 0.3) is 0 Å². The maximum absolute atomic E-state index is 6.73. The Balaban J connectivity index is 1.48. The highest BCUT2D eigenvalue weighted by Crippen LogP contribution is 2.57. The van der Waals surface area contributed by atoms with E-state index in [2.05, 4.69) is 124 Å². The van der Waals surface area contributed by atoms with Gasteiger partial charge < -0.3 is 4.57 Å².